The summed E-state index contributed by atoms with van der Waals surface area (Å²) < 4.78 is 52.8. The first kappa shape index (κ1) is 20.5. The zero-order valence-corrected chi connectivity index (χ0v) is 15.7. The number of nitrogens with zero attached hydrogens (tertiary/aromatic N) is 1. The first-order valence-corrected chi connectivity index (χ1v) is 8.92. The van der Waals surface area contributed by atoms with Crippen LogP contribution in [0.5, 0.6) is 0 Å². The number of quaternary nitrogens is 1. The van der Waals surface area contributed by atoms with Gasteiger partial charge in [-0.1, -0.05) is 26.0 Å². The molecule has 1 atom stereocenters. The van der Waals surface area contributed by atoms with Gasteiger partial charge in [0.25, 0.3) is 0 Å². The molecule has 3 rings (SSSR count). The smallest absolute Gasteiger partial charge is 0.396 e. The summed E-state index contributed by atoms with van der Waals surface area (Å²) in [6, 6.07) is 8.83. The lowest BCUT2D eigenvalue weighted by atomic mass is 9.92. The first-order chi connectivity index (χ1) is 13.0. The van der Waals surface area contributed by atoms with E-state index < -0.39 is 23.0 Å². The molecule has 0 fully saturated rings. The summed E-state index contributed by atoms with van der Waals surface area (Å²) in [4.78, 5) is 13.3. The largest absolute Gasteiger partial charge is 0.416 e. The van der Waals surface area contributed by atoms with Crippen LogP contribution in [0, 0.1) is 11.2 Å². The number of carbonyl (C=O) groups excluding carboxylic acids is 1. The summed E-state index contributed by atoms with van der Waals surface area (Å²) in [5.74, 6) is -0.735. The summed E-state index contributed by atoms with van der Waals surface area (Å²) in [5, 5.41) is 9.70. The van der Waals surface area contributed by atoms with Crippen molar-refractivity contribution in [3.8, 4) is 0 Å². The molecule has 1 heterocycles. The van der Waals surface area contributed by atoms with Crippen molar-refractivity contribution in [3.63, 3.8) is 0 Å². The Balaban J connectivity index is 2.04. The number of hydrogen-bond acceptors (Lipinski definition) is 2. The van der Waals surface area contributed by atoms with Crippen molar-refractivity contribution >= 4 is 5.91 Å². The van der Waals surface area contributed by atoms with Crippen molar-refractivity contribution < 1.29 is 31.9 Å². The third kappa shape index (κ3) is 3.95. The van der Waals surface area contributed by atoms with Gasteiger partial charge < -0.3 is 5.11 Å². The standard InChI is InChI=1S/C21H22F4NO2/c1-20(2,13-27)12-26(10-14-4-3-5-16(8-14)21(23,24)25)11-15-9-17(22)6-7-18(15)19(26)28/h3-9,27H,10-13H2,1-2H3/q+1. The highest BCUT2D eigenvalue weighted by Gasteiger charge is 2.48. The number of aliphatic hydroxyl groups is 1. The zero-order chi connectivity index (χ0) is 20.7. The van der Waals surface area contributed by atoms with Crippen LogP contribution < -0.4 is 0 Å². The van der Waals surface area contributed by atoms with Crippen molar-refractivity contribution in [3.05, 3.63) is 70.5 Å². The molecular weight excluding hydrogens is 374 g/mol. The van der Waals surface area contributed by atoms with Gasteiger partial charge in [-0.05, 0) is 30.3 Å². The van der Waals surface area contributed by atoms with Crippen LogP contribution in [0.4, 0.5) is 17.6 Å². The predicted octanol–water partition coefficient (Wildman–Crippen LogP) is 4.53. The molecule has 7 heteroatoms. The molecule has 1 aliphatic heterocycles. The minimum absolute atomic E-state index is 0.0302. The van der Waals surface area contributed by atoms with E-state index >= 15 is 0 Å². The molecule has 150 valence electrons. The van der Waals surface area contributed by atoms with Gasteiger partial charge in [-0.25, -0.2) is 13.7 Å². The second kappa shape index (κ2) is 6.97. The summed E-state index contributed by atoms with van der Waals surface area (Å²) in [6.45, 7) is 3.81. The summed E-state index contributed by atoms with van der Waals surface area (Å²) in [6.07, 6.45) is -4.48. The van der Waals surface area contributed by atoms with Crippen LogP contribution in [-0.2, 0) is 19.3 Å². The fourth-order valence-corrected chi connectivity index (χ4v) is 3.93. The maximum Gasteiger partial charge on any atom is 0.416 e. The third-order valence-electron chi connectivity index (χ3n) is 5.10. The van der Waals surface area contributed by atoms with Crippen molar-refractivity contribution in [2.45, 2.75) is 33.1 Å². The van der Waals surface area contributed by atoms with Crippen molar-refractivity contribution in [1.29, 1.82) is 0 Å². The average Bonchev–Trinajstić information content (AvgIpc) is 2.85. The van der Waals surface area contributed by atoms with Crippen molar-refractivity contribution in [1.82, 2.24) is 0 Å². The fraction of sp³-hybridized carbons (Fsp3) is 0.381. The number of fused-ring (bicyclic) bond motifs is 1. The lowest BCUT2D eigenvalue weighted by Crippen LogP contribution is -2.53. The number of alkyl halides is 3. The Kier molecular flexibility index (Phi) is 5.10. The molecule has 28 heavy (non-hydrogen) atoms. The lowest BCUT2D eigenvalue weighted by Gasteiger charge is -2.37. The maximum absolute atomic E-state index is 13.7. The molecule has 1 aliphatic rings. The molecule has 0 bridgehead atoms. The molecule has 0 radical (unpaired) electrons. The van der Waals surface area contributed by atoms with E-state index in [1.54, 1.807) is 19.9 Å². The Morgan fingerprint density at radius 1 is 1.11 bits per heavy atom. The lowest BCUT2D eigenvalue weighted by molar-refractivity contribution is -0.878. The van der Waals surface area contributed by atoms with E-state index in [-0.39, 0.29) is 36.6 Å². The van der Waals surface area contributed by atoms with Crippen LogP contribution in [0.25, 0.3) is 0 Å². The summed E-state index contributed by atoms with van der Waals surface area (Å²) in [7, 11) is 0. The van der Waals surface area contributed by atoms with Crippen LogP contribution in [0.3, 0.4) is 0 Å². The van der Waals surface area contributed by atoms with E-state index in [1.807, 2.05) is 0 Å². The van der Waals surface area contributed by atoms with Gasteiger partial charge in [0.1, 0.15) is 18.9 Å². The maximum atomic E-state index is 13.7. The molecule has 2 aromatic carbocycles. The van der Waals surface area contributed by atoms with Crippen LogP contribution in [0.15, 0.2) is 42.5 Å². The molecule has 0 saturated heterocycles. The van der Waals surface area contributed by atoms with Gasteiger partial charge in [-0.3, -0.25) is 0 Å². The number of aliphatic hydroxyl groups excluding tert-OH is 1. The van der Waals surface area contributed by atoms with Crippen LogP contribution >= 0.6 is 0 Å². The van der Waals surface area contributed by atoms with E-state index in [2.05, 4.69) is 0 Å². The number of benzene rings is 2. The Morgan fingerprint density at radius 3 is 2.46 bits per heavy atom. The van der Waals surface area contributed by atoms with Gasteiger partial charge in [-0.2, -0.15) is 13.2 Å². The van der Waals surface area contributed by atoms with Crippen LogP contribution in [0.2, 0.25) is 0 Å². The van der Waals surface area contributed by atoms with E-state index in [0.717, 1.165) is 12.1 Å². The summed E-state index contributed by atoms with van der Waals surface area (Å²) in [5.41, 5.74) is -0.143. The highest BCUT2D eigenvalue weighted by Crippen LogP contribution is 2.37. The number of carbonyl (C=O) groups is 1. The molecule has 0 aromatic heterocycles. The number of amides is 1. The van der Waals surface area contributed by atoms with Gasteiger partial charge in [0, 0.05) is 16.5 Å². The van der Waals surface area contributed by atoms with Crippen molar-refractivity contribution in [2.24, 2.45) is 5.41 Å². The average molecular weight is 396 g/mol. The topological polar surface area (TPSA) is 37.3 Å². The SMILES string of the molecule is CC(C)(CO)C[N+]1(Cc2cccc(C(F)(F)F)c2)Cc2cc(F)ccc2C1=O. The molecule has 1 unspecified atom stereocenters. The first-order valence-electron chi connectivity index (χ1n) is 8.92. The molecule has 1 N–H and O–H groups in total. The molecule has 2 aromatic rings. The van der Waals surface area contributed by atoms with Gasteiger partial charge in [0.15, 0.2) is 0 Å². The van der Waals surface area contributed by atoms with Gasteiger partial charge in [-0.15, -0.1) is 0 Å². The zero-order valence-electron chi connectivity index (χ0n) is 15.7. The predicted molar refractivity (Wildman–Crippen MR) is 95.6 cm³/mol. The Morgan fingerprint density at radius 2 is 1.82 bits per heavy atom. The fourth-order valence-electron chi connectivity index (χ4n) is 3.93. The normalized spacial score (nSPS) is 19.8. The number of hydrogen-bond donors (Lipinski definition) is 1. The Labute approximate surface area is 160 Å². The highest BCUT2D eigenvalue weighted by molar-refractivity contribution is 5.92. The molecule has 1 amide bonds. The second-order valence-corrected chi connectivity index (χ2v) is 8.25. The van der Waals surface area contributed by atoms with Gasteiger partial charge in [0.05, 0.1) is 24.3 Å². The van der Waals surface area contributed by atoms with E-state index in [1.165, 1.54) is 24.3 Å². The number of rotatable bonds is 5. The molecular formula is C21H22F4NO2+. The number of halogens is 4. The third-order valence-corrected chi connectivity index (χ3v) is 5.10. The van der Waals surface area contributed by atoms with E-state index in [4.69, 9.17) is 0 Å². The van der Waals surface area contributed by atoms with Gasteiger partial charge >= 0.3 is 12.1 Å². The molecule has 0 aliphatic carbocycles. The molecule has 0 saturated carbocycles. The summed E-state index contributed by atoms with van der Waals surface area (Å²) >= 11 is 0. The van der Waals surface area contributed by atoms with Gasteiger partial charge in [0.2, 0.25) is 0 Å². The molecule has 3 nitrogen and oxygen atoms in total. The quantitative estimate of drug-likeness (QED) is 0.596. The second-order valence-electron chi connectivity index (χ2n) is 8.25. The minimum atomic E-state index is -4.48. The minimum Gasteiger partial charge on any atom is -0.396 e. The van der Waals surface area contributed by atoms with Crippen LogP contribution in [0.1, 0.15) is 40.9 Å². The van der Waals surface area contributed by atoms with Crippen LogP contribution in [-0.4, -0.2) is 28.6 Å². The Bertz CT molecular complexity index is 908. The van der Waals surface area contributed by atoms with E-state index in [0.29, 0.717) is 16.7 Å². The monoisotopic (exact) mass is 396 g/mol. The molecule has 0 spiro atoms. The Hall–Kier alpha value is -2.25. The van der Waals surface area contributed by atoms with Crippen molar-refractivity contribution in [2.75, 3.05) is 13.2 Å². The van der Waals surface area contributed by atoms with E-state index in [9.17, 15) is 27.5 Å². The highest BCUT2D eigenvalue weighted by atomic mass is 19.4.